The number of hydrogen-bond donors (Lipinski definition) is 1. The van der Waals surface area contributed by atoms with E-state index in [-0.39, 0.29) is 0 Å². The van der Waals surface area contributed by atoms with E-state index in [1.54, 1.807) is 0 Å². The number of nitrogens with zero attached hydrogens (tertiary/aromatic N) is 2. The molecular weight excluding hydrogens is 202 g/mol. The van der Waals surface area contributed by atoms with Crippen LogP contribution in [0.4, 0.5) is 5.82 Å². The molecule has 1 aromatic rings. The zero-order valence-corrected chi connectivity index (χ0v) is 10.2. The van der Waals surface area contributed by atoms with Gasteiger partial charge in [-0.2, -0.15) is 4.98 Å². The Bertz CT molecular complexity index is 364. The summed E-state index contributed by atoms with van der Waals surface area (Å²) in [6.07, 6.45) is 3.45. The summed E-state index contributed by atoms with van der Waals surface area (Å²) in [7, 11) is 1.85. The molecule has 0 amide bonds. The average molecular weight is 221 g/mol. The van der Waals surface area contributed by atoms with Crippen LogP contribution < -0.4 is 10.1 Å². The van der Waals surface area contributed by atoms with Crippen LogP contribution in [0.1, 0.15) is 24.7 Å². The molecule has 4 nitrogen and oxygen atoms in total. The third kappa shape index (κ3) is 2.95. The van der Waals surface area contributed by atoms with Crippen LogP contribution in [0.15, 0.2) is 12.7 Å². The van der Waals surface area contributed by atoms with Crippen molar-refractivity contribution >= 4 is 5.82 Å². The fraction of sp³-hybridized carbons (Fsp3) is 0.500. The lowest BCUT2D eigenvalue weighted by Gasteiger charge is -2.11. The summed E-state index contributed by atoms with van der Waals surface area (Å²) in [6.45, 7) is 8.24. The lowest BCUT2D eigenvalue weighted by molar-refractivity contribution is 0.308. The fourth-order valence-electron chi connectivity index (χ4n) is 1.32. The van der Waals surface area contributed by atoms with Gasteiger partial charge in [-0.25, -0.2) is 4.98 Å². The Kier molecular flexibility index (Phi) is 4.76. The van der Waals surface area contributed by atoms with E-state index in [0.717, 1.165) is 30.0 Å². The van der Waals surface area contributed by atoms with Crippen molar-refractivity contribution in [3.05, 3.63) is 24.0 Å². The molecule has 1 N–H and O–H groups in total. The number of rotatable bonds is 6. The van der Waals surface area contributed by atoms with Crippen molar-refractivity contribution in [2.24, 2.45) is 0 Å². The highest BCUT2D eigenvalue weighted by molar-refractivity contribution is 5.48. The van der Waals surface area contributed by atoms with Crippen molar-refractivity contribution in [2.75, 3.05) is 19.0 Å². The minimum Gasteiger partial charge on any atom is -0.477 e. The van der Waals surface area contributed by atoms with Crippen LogP contribution in [0.2, 0.25) is 0 Å². The van der Waals surface area contributed by atoms with Gasteiger partial charge in [0.05, 0.1) is 12.2 Å². The maximum atomic E-state index is 5.60. The fourth-order valence-corrected chi connectivity index (χ4v) is 1.32. The first-order valence-electron chi connectivity index (χ1n) is 5.51. The van der Waals surface area contributed by atoms with E-state index in [4.69, 9.17) is 4.74 Å². The third-order valence-electron chi connectivity index (χ3n) is 2.26. The standard InChI is InChI=1S/C12H19N3O/c1-5-7-8-16-12-9(3)11(13-4)14-10(6-2)15-12/h5H,1,6-8H2,2-4H3,(H,13,14,15). The van der Waals surface area contributed by atoms with E-state index in [1.165, 1.54) is 0 Å². The molecule has 0 atom stereocenters. The Hall–Kier alpha value is -1.58. The Morgan fingerprint density at radius 1 is 1.44 bits per heavy atom. The zero-order valence-electron chi connectivity index (χ0n) is 10.2. The predicted octanol–water partition coefficient (Wildman–Crippen LogP) is 2.34. The van der Waals surface area contributed by atoms with E-state index < -0.39 is 0 Å². The molecule has 4 heteroatoms. The Morgan fingerprint density at radius 2 is 2.19 bits per heavy atom. The molecule has 0 aliphatic carbocycles. The minimum atomic E-state index is 0.605. The Morgan fingerprint density at radius 3 is 2.75 bits per heavy atom. The predicted molar refractivity (Wildman–Crippen MR) is 66.0 cm³/mol. The normalized spacial score (nSPS) is 9.94. The van der Waals surface area contributed by atoms with Gasteiger partial charge >= 0.3 is 0 Å². The zero-order chi connectivity index (χ0) is 12.0. The van der Waals surface area contributed by atoms with Crippen LogP contribution in [0.3, 0.4) is 0 Å². The molecule has 0 spiro atoms. The monoisotopic (exact) mass is 221 g/mol. The first-order valence-corrected chi connectivity index (χ1v) is 5.51. The Labute approximate surface area is 96.8 Å². The maximum absolute atomic E-state index is 5.60. The summed E-state index contributed by atoms with van der Waals surface area (Å²) in [5, 5.41) is 3.05. The quantitative estimate of drug-likeness (QED) is 0.591. The molecule has 0 aliphatic heterocycles. The lowest BCUT2D eigenvalue weighted by Crippen LogP contribution is -2.07. The topological polar surface area (TPSA) is 47.0 Å². The molecule has 0 saturated heterocycles. The van der Waals surface area contributed by atoms with Crippen LogP contribution >= 0.6 is 0 Å². The van der Waals surface area contributed by atoms with E-state index in [0.29, 0.717) is 12.5 Å². The molecule has 0 unspecified atom stereocenters. The van der Waals surface area contributed by atoms with Gasteiger partial charge in [-0.05, 0) is 13.3 Å². The van der Waals surface area contributed by atoms with Gasteiger partial charge in [0.15, 0.2) is 0 Å². The maximum Gasteiger partial charge on any atom is 0.221 e. The molecule has 16 heavy (non-hydrogen) atoms. The van der Waals surface area contributed by atoms with Gasteiger partial charge < -0.3 is 10.1 Å². The molecular formula is C12H19N3O. The first kappa shape index (κ1) is 12.5. The van der Waals surface area contributed by atoms with E-state index >= 15 is 0 Å². The Balaban J connectivity index is 2.91. The molecule has 0 aliphatic rings. The molecule has 0 radical (unpaired) electrons. The molecule has 0 saturated carbocycles. The largest absolute Gasteiger partial charge is 0.477 e. The van der Waals surface area contributed by atoms with Gasteiger partial charge in [0.25, 0.3) is 0 Å². The van der Waals surface area contributed by atoms with Crippen molar-refractivity contribution in [3.8, 4) is 5.88 Å². The summed E-state index contributed by atoms with van der Waals surface area (Å²) in [5.41, 5.74) is 0.948. The van der Waals surface area contributed by atoms with Crippen molar-refractivity contribution in [2.45, 2.75) is 26.7 Å². The number of nitrogens with one attached hydrogen (secondary N) is 1. The molecule has 88 valence electrons. The van der Waals surface area contributed by atoms with Crippen molar-refractivity contribution in [1.29, 1.82) is 0 Å². The summed E-state index contributed by atoms with van der Waals surface area (Å²) < 4.78 is 5.60. The first-order chi connectivity index (χ1) is 7.72. The SMILES string of the molecule is C=CCCOc1nc(CC)nc(NC)c1C. The second-order valence-electron chi connectivity index (χ2n) is 3.45. The van der Waals surface area contributed by atoms with E-state index in [2.05, 4.69) is 21.9 Å². The van der Waals surface area contributed by atoms with Crippen LogP contribution in [-0.4, -0.2) is 23.6 Å². The van der Waals surface area contributed by atoms with Gasteiger partial charge in [-0.15, -0.1) is 6.58 Å². The number of anilines is 1. The van der Waals surface area contributed by atoms with Crippen LogP contribution in [0.5, 0.6) is 5.88 Å². The summed E-state index contributed by atoms with van der Waals surface area (Å²) in [4.78, 5) is 8.74. The minimum absolute atomic E-state index is 0.605. The molecule has 1 aromatic heterocycles. The number of hydrogen-bond acceptors (Lipinski definition) is 4. The lowest BCUT2D eigenvalue weighted by atomic mass is 10.3. The van der Waals surface area contributed by atoms with Crippen molar-refractivity contribution < 1.29 is 4.74 Å². The molecule has 1 rings (SSSR count). The summed E-state index contributed by atoms with van der Waals surface area (Å²) in [5.74, 6) is 2.29. The van der Waals surface area contributed by atoms with Gasteiger partial charge in [0, 0.05) is 13.5 Å². The molecule has 0 aromatic carbocycles. The second-order valence-corrected chi connectivity index (χ2v) is 3.45. The highest BCUT2D eigenvalue weighted by atomic mass is 16.5. The van der Waals surface area contributed by atoms with Crippen molar-refractivity contribution in [1.82, 2.24) is 9.97 Å². The average Bonchev–Trinajstić information content (AvgIpc) is 2.31. The number of ether oxygens (including phenoxy) is 1. The highest BCUT2D eigenvalue weighted by Crippen LogP contribution is 2.21. The van der Waals surface area contributed by atoms with Gasteiger partial charge in [-0.3, -0.25) is 0 Å². The van der Waals surface area contributed by atoms with Gasteiger partial charge in [0.1, 0.15) is 11.6 Å². The number of aryl methyl sites for hydroxylation is 1. The van der Waals surface area contributed by atoms with Crippen LogP contribution in [0.25, 0.3) is 0 Å². The molecule has 0 bridgehead atoms. The van der Waals surface area contributed by atoms with Crippen molar-refractivity contribution in [3.63, 3.8) is 0 Å². The third-order valence-corrected chi connectivity index (χ3v) is 2.26. The summed E-state index contributed by atoms with van der Waals surface area (Å²) in [6, 6.07) is 0. The number of aromatic nitrogens is 2. The van der Waals surface area contributed by atoms with E-state index in [1.807, 2.05) is 27.0 Å². The van der Waals surface area contributed by atoms with Crippen LogP contribution in [-0.2, 0) is 6.42 Å². The highest BCUT2D eigenvalue weighted by Gasteiger charge is 2.09. The second kappa shape index (κ2) is 6.10. The van der Waals surface area contributed by atoms with Gasteiger partial charge in [0.2, 0.25) is 5.88 Å². The van der Waals surface area contributed by atoms with Gasteiger partial charge in [-0.1, -0.05) is 13.0 Å². The molecule has 0 fully saturated rings. The van der Waals surface area contributed by atoms with E-state index in [9.17, 15) is 0 Å². The summed E-state index contributed by atoms with van der Waals surface area (Å²) >= 11 is 0. The molecule has 1 heterocycles. The smallest absolute Gasteiger partial charge is 0.221 e. The van der Waals surface area contributed by atoms with Crippen LogP contribution in [0, 0.1) is 6.92 Å².